The fourth-order valence-electron chi connectivity index (χ4n) is 0.992. The Balaban J connectivity index is 2.54. The van der Waals surface area contributed by atoms with Gasteiger partial charge in [-0.1, -0.05) is 6.92 Å². The highest BCUT2D eigenvalue weighted by atomic mass is 32.1. The molecule has 0 radical (unpaired) electrons. The van der Waals surface area contributed by atoms with Gasteiger partial charge in [-0.25, -0.2) is 0 Å². The van der Waals surface area contributed by atoms with Crippen molar-refractivity contribution in [1.29, 1.82) is 0 Å². The average molecular weight is 144 g/mol. The van der Waals surface area contributed by atoms with Crippen LogP contribution in [0.5, 0.6) is 0 Å². The van der Waals surface area contributed by atoms with E-state index in [1.54, 1.807) is 0 Å². The standard InChI is InChI=1S/C7H12OS/c1-3-7(2)5-4-6(9)8-7/h3-5H2,1-2H3. The smallest absolute Gasteiger partial charge is 0.160 e. The molecule has 2 heteroatoms. The molecule has 9 heavy (non-hydrogen) atoms. The van der Waals surface area contributed by atoms with E-state index < -0.39 is 0 Å². The normalized spacial score (nSPS) is 34.7. The summed E-state index contributed by atoms with van der Waals surface area (Å²) in [5.74, 6) is 0. The lowest BCUT2D eigenvalue weighted by Crippen LogP contribution is -2.21. The molecular weight excluding hydrogens is 132 g/mol. The van der Waals surface area contributed by atoms with Gasteiger partial charge in [0.15, 0.2) is 5.05 Å². The van der Waals surface area contributed by atoms with Gasteiger partial charge in [-0.3, -0.25) is 0 Å². The average Bonchev–Trinajstić information content (AvgIpc) is 2.13. The summed E-state index contributed by atoms with van der Waals surface area (Å²) in [5, 5.41) is 0.791. The Morgan fingerprint density at radius 1 is 1.78 bits per heavy atom. The third-order valence-electron chi connectivity index (χ3n) is 1.97. The monoisotopic (exact) mass is 144 g/mol. The second-order valence-corrected chi connectivity index (χ2v) is 3.23. The van der Waals surface area contributed by atoms with Crippen LogP contribution in [0.4, 0.5) is 0 Å². The van der Waals surface area contributed by atoms with E-state index in [2.05, 4.69) is 13.8 Å². The fraction of sp³-hybridized carbons (Fsp3) is 0.857. The molecule has 1 unspecified atom stereocenters. The van der Waals surface area contributed by atoms with Crippen molar-refractivity contribution in [3.63, 3.8) is 0 Å². The SMILES string of the molecule is CCC1(C)CCC(=S)O1. The minimum absolute atomic E-state index is 0.0666. The highest BCUT2D eigenvalue weighted by molar-refractivity contribution is 7.80. The Kier molecular flexibility index (Phi) is 1.75. The summed E-state index contributed by atoms with van der Waals surface area (Å²) in [4.78, 5) is 0. The summed E-state index contributed by atoms with van der Waals surface area (Å²) in [7, 11) is 0. The molecule has 0 aromatic rings. The lowest BCUT2D eigenvalue weighted by atomic mass is 10.0. The van der Waals surface area contributed by atoms with Crippen LogP contribution >= 0.6 is 12.2 Å². The second kappa shape index (κ2) is 2.25. The van der Waals surface area contributed by atoms with Crippen LogP contribution < -0.4 is 0 Å². The van der Waals surface area contributed by atoms with E-state index in [1.807, 2.05) is 0 Å². The number of thiocarbonyl (C=S) groups is 1. The molecule has 52 valence electrons. The predicted octanol–water partition coefficient (Wildman–Crippen LogP) is 2.29. The first-order valence-electron chi connectivity index (χ1n) is 3.38. The van der Waals surface area contributed by atoms with Crippen LogP contribution in [0.25, 0.3) is 0 Å². The highest BCUT2D eigenvalue weighted by Gasteiger charge is 2.31. The number of hydrogen-bond acceptors (Lipinski definition) is 2. The Bertz CT molecular complexity index is 133. The topological polar surface area (TPSA) is 9.23 Å². The number of rotatable bonds is 1. The molecule has 1 nitrogen and oxygen atoms in total. The van der Waals surface area contributed by atoms with Crippen molar-refractivity contribution in [1.82, 2.24) is 0 Å². The summed E-state index contributed by atoms with van der Waals surface area (Å²) in [6.07, 6.45) is 3.13. The predicted molar refractivity (Wildman–Crippen MR) is 41.6 cm³/mol. The van der Waals surface area contributed by atoms with E-state index in [0.29, 0.717) is 0 Å². The number of ether oxygens (including phenoxy) is 1. The molecule has 0 saturated carbocycles. The molecule has 0 aromatic carbocycles. The summed E-state index contributed by atoms with van der Waals surface area (Å²) < 4.78 is 5.43. The van der Waals surface area contributed by atoms with Gasteiger partial charge in [0, 0.05) is 6.42 Å². The molecule has 0 bridgehead atoms. The van der Waals surface area contributed by atoms with Crippen molar-refractivity contribution in [2.45, 2.75) is 38.7 Å². The Hall–Kier alpha value is -0.110. The van der Waals surface area contributed by atoms with Gasteiger partial charge in [0.1, 0.15) is 5.60 Å². The molecule has 0 N–H and O–H groups in total. The minimum Gasteiger partial charge on any atom is -0.481 e. The van der Waals surface area contributed by atoms with E-state index in [0.717, 1.165) is 24.3 Å². The van der Waals surface area contributed by atoms with E-state index in [9.17, 15) is 0 Å². The summed E-state index contributed by atoms with van der Waals surface area (Å²) in [5.41, 5.74) is 0.0666. The molecule has 0 aliphatic carbocycles. The largest absolute Gasteiger partial charge is 0.481 e. The van der Waals surface area contributed by atoms with Gasteiger partial charge in [-0.05, 0) is 32.0 Å². The van der Waals surface area contributed by atoms with E-state index in [4.69, 9.17) is 17.0 Å². The van der Waals surface area contributed by atoms with Gasteiger partial charge in [-0.15, -0.1) is 0 Å². The molecular formula is C7H12OS. The Morgan fingerprint density at radius 3 is 2.67 bits per heavy atom. The molecule has 1 aliphatic rings. The van der Waals surface area contributed by atoms with Gasteiger partial charge >= 0.3 is 0 Å². The Labute approximate surface area is 61.4 Å². The summed E-state index contributed by atoms with van der Waals surface area (Å²) in [6, 6.07) is 0. The molecule has 1 atom stereocenters. The fourth-order valence-corrected chi connectivity index (χ4v) is 1.30. The zero-order chi connectivity index (χ0) is 6.91. The van der Waals surface area contributed by atoms with E-state index in [1.165, 1.54) is 0 Å². The van der Waals surface area contributed by atoms with Gasteiger partial charge in [-0.2, -0.15) is 0 Å². The maximum Gasteiger partial charge on any atom is 0.160 e. The first kappa shape index (κ1) is 7.00. The molecule has 0 spiro atoms. The van der Waals surface area contributed by atoms with Crippen LogP contribution in [0.15, 0.2) is 0 Å². The van der Waals surface area contributed by atoms with Gasteiger partial charge < -0.3 is 4.74 Å². The third kappa shape index (κ3) is 1.42. The summed E-state index contributed by atoms with van der Waals surface area (Å²) in [6.45, 7) is 4.25. The van der Waals surface area contributed by atoms with E-state index in [-0.39, 0.29) is 5.60 Å². The molecule has 1 saturated heterocycles. The lowest BCUT2D eigenvalue weighted by molar-refractivity contribution is 0.100. The molecule has 1 rings (SSSR count). The minimum atomic E-state index is 0.0666. The summed E-state index contributed by atoms with van der Waals surface area (Å²) >= 11 is 4.91. The number of hydrogen-bond donors (Lipinski definition) is 0. The quantitative estimate of drug-likeness (QED) is 0.522. The maximum absolute atomic E-state index is 5.43. The van der Waals surface area contributed by atoms with Crippen LogP contribution in [-0.2, 0) is 4.74 Å². The van der Waals surface area contributed by atoms with Crippen LogP contribution in [0.3, 0.4) is 0 Å². The second-order valence-electron chi connectivity index (χ2n) is 2.78. The maximum atomic E-state index is 5.43. The van der Waals surface area contributed by atoms with Gasteiger partial charge in [0.25, 0.3) is 0 Å². The first-order valence-corrected chi connectivity index (χ1v) is 3.79. The molecule has 1 aliphatic heterocycles. The molecule has 1 heterocycles. The van der Waals surface area contributed by atoms with Crippen molar-refractivity contribution in [2.24, 2.45) is 0 Å². The van der Waals surface area contributed by atoms with Crippen molar-refractivity contribution >= 4 is 17.3 Å². The van der Waals surface area contributed by atoms with Crippen LogP contribution in [-0.4, -0.2) is 10.7 Å². The highest BCUT2D eigenvalue weighted by Crippen LogP contribution is 2.29. The molecule has 1 fully saturated rings. The lowest BCUT2D eigenvalue weighted by Gasteiger charge is -2.20. The van der Waals surface area contributed by atoms with Crippen molar-refractivity contribution in [2.75, 3.05) is 0 Å². The third-order valence-corrected chi connectivity index (χ3v) is 2.25. The van der Waals surface area contributed by atoms with Crippen LogP contribution in [0, 0.1) is 0 Å². The molecule has 0 aromatic heterocycles. The zero-order valence-corrected chi connectivity index (χ0v) is 6.75. The van der Waals surface area contributed by atoms with E-state index >= 15 is 0 Å². The van der Waals surface area contributed by atoms with Crippen molar-refractivity contribution in [3.05, 3.63) is 0 Å². The first-order chi connectivity index (χ1) is 4.16. The van der Waals surface area contributed by atoms with Crippen LogP contribution in [0.1, 0.15) is 33.1 Å². The van der Waals surface area contributed by atoms with Gasteiger partial charge in [0.2, 0.25) is 0 Å². The molecule has 0 amide bonds. The van der Waals surface area contributed by atoms with Crippen LogP contribution in [0.2, 0.25) is 0 Å². The van der Waals surface area contributed by atoms with Gasteiger partial charge in [0.05, 0.1) is 0 Å². The Morgan fingerprint density at radius 2 is 2.44 bits per heavy atom. The van der Waals surface area contributed by atoms with Crippen molar-refractivity contribution in [3.8, 4) is 0 Å². The zero-order valence-electron chi connectivity index (χ0n) is 5.94. The van der Waals surface area contributed by atoms with Crippen molar-refractivity contribution < 1.29 is 4.74 Å².